The van der Waals surface area contributed by atoms with Gasteiger partial charge in [0.1, 0.15) is 0 Å². The predicted octanol–water partition coefficient (Wildman–Crippen LogP) is 8.74. The van der Waals surface area contributed by atoms with Gasteiger partial charge in [-0.2, -0.15) is 0 Å². The van der Waals surface area contributed by atoms with Crippen LogP contribution in [0.5, 0.6) is 0 Å². The molecule has 0 saturated heterocycles. The highest BCUT2D eigenvalue weighted by molar-refractivity contribution is 5.82. The summed E-state index contributed by atoms with van der Waals surface area (Å²) in [6.45, 7) is 4.94. The van der Waals surface area contributed by atoms with E-state index in [0.29, 0.717) is 5.92 Å². The summed E-state index contributed by atoms with van der Waals surface area (Å²) < 4.78 is 0. The van der Waals surface area contributed by atoms with E-state index in [1.165, 1.54) is 64.0 Å². The molecule has 1 nitrogen and oxygen atoms in total. The molecule has 168 valence electrons. The highest BCUT2D eigenvalue weighted by Gasteiger charge is 2.50. The van der Waals surface area contributed by atoms with Gasteiger partial charge in [0.25, 0.3) is 0 Å². The van der Waals surface area contributed by atoms with Crippen LogP contribution in [-0.4, -0.2) is 5.54 Å². The third-order valence-corrected chi connectivity index (χ3v) is 8.83. The number of hydrogen-bond acceptors (Lipinski definition) is 1. The zero-order valence-corrected chi connectivity index (χ0v) is 20.1. The van der Waals surface area contributed by atoms with Crippen LogP contribution in [-0.2, 0) is 6.42 Å². The first-order chi connectivity index (χ1) is 16.6. The van der Waals surface area contributed by atoms with Crippen molar-refractivity contribution in [3.63, 3.8) is 0 Å². The first-order valence-corrected chi connectivity index (χ1v) is 12.8. The second-order valence-corrected chi connectivity index (χ2v) is 10.9. The van der Waals surface area contributed by atoms with E-state index < -0.39 is 0 Å². The Kier molecular flexibility index (Phi) is 4.34. The van der Waals surface area contributed by atoms with Crippen molar-refractivity contribution in [2.75, 3.05) is 4.90 Å². The van der Waals surface area contributed by atoms with Gasteiger partial charge in [-0.1, -0.05) is 73.7 Å². The predicted molar refractivity (Wildman–Crippen MR) is 143 cm³/mol. The molecule has 3 unspecified atom stereocenters. The molecule has 0 bridgehead atoms. The molecule has 4 aromatic rings. The van der Waals surface area contributed by atoms with Gasteiger partial charge in [0.15, 0.2) is 0 Å². The number of nitrogens with zero attached hydrogens (tertiary/aromatic N) is 1. The zero-order chi connectivity index (χ0) is 22.9. The van der Waals surface area contributed by atoms with Crippen LogP contribution >= 0.6 is 0 Å². The number of fused-ring (bicyclic) bond motifs is 6. The molecule has 1 heterocycles. The summed E-state index contributed by atoms with van der Waals surface area (Å²) in [5.74, 6) is 1.36. The minimum Gasteiger partial charge on any atom is -0.335 e. The van der Waals surface area contributed by atoms with E-state index in [1.54, 1.807) is 5.56 Å². The SMILES string of the molecule is CC1CCC2(C)C(C1)c1cc(-c3ccc4c(c3)Cc3ccccc3-4)ccc1N2c1ccccc1. The molecule has 1 saturated carbocycles. The Balaban J connectivity index is 1.33. The lowest BCUT2D eigenvalue weighted by Gasteiger charge is -2.45. The minimum atomic E-state index is 0.147. The van der Waals surface area contributed by atoms with Gasteiger partial charge in [-0.15, -0.1) is 0 Å². The molecule has 0 spiro atoms. The van der Waals surface area contributed by atoms with Crippen LogP contribution in [0.15, 0.2) is 91.0 Å². The van der Waals surface area contributed by atoms with Crippen molar-refractivity contribution in [1.82, 2.24) is 0 Å². The molecule has 0 amide bonds. The molecule has 3 atom stereocenters. The summed E-state index contributed by atoms with van der Waals surface area (Å²) in [6.07, 6.45) is 4.87. The number of anilines is 2. The van der Waals surface area contributed by atoms with Gasteiger partial charge in [-0.25, -0.2) is 0 Å². The van der Waals surface area contributed by atoms with Crippen LogP contribution in [0, 0.1) is 5.92 Å². The summed E-state index contributed by atoms with van der Waals surface area (Å²) in [5.41, 5.74) is 12.8. The average Bonchev–Trinajstić information content (AvgIpc) is 3.36. The van der Waals surface area contributed by atoms with E-state index in [4.69, 9.17) is 0 Å². The van der Waals surface area contributed by atoms with Crippen LogP contribution in [0.2, 0.25) is 0 Å². The Morgan fingerprint density at radius 1 is 0.765 bits per heavy atom. The van der Waals surface area contributed by atoms with Crippen molar-refractivity contribution >= 4 is 11.4 Å². The molecule has 34 heavy (non-hydrogen) atoms. The molecule has 0 N–H and O–H groups in total. The van der Waals surface area contributed by atoms with Crippen LogP contribution in [0.1, 0.15) is 55.7 Å². The lowest BCUT2D eigenvalue weighted by molar-refractivity contribution is 0.237. The van der Waals surface area contributed by atoms with Gasteiger partial charge in [0, 0.05) is 22.8 Å². The molecule has 3 aliphatic rings. The molecule has 7 rings (SSSR count). The van der Waals surface area contributed by atoms with Crippen LogP contribution in [0.4, 0.5) is 11.4 Å². The van der Waals surface area contributed by atoms with Crippen molar-refractivity contribution in [2.45, 2.75) is 51.0 Å². The van der Waals surface area contributed by atoms with E-state index in [1.807, 2.05) is 0 Å². The summed E-state index contributed by atoms with van der Waals surface area (Å²) in [6, 6.07) is 34.2. The number of benzene rings is 4. The summed E-state index contributed by atoms with van der Waals surface area (Å²) in [7, 11) is 0. The Hall–Kier alpha value is -3.32. The van der Waals surface area contributed by atoms with E-state index >= 15 is 0 Å². The second kappa shape index (κ2) is 7.34. The quantitative estimate of drug-likeness (QED) is 0.265. The summed E-state index contributed by atoms with van der Waals surface area (Å²) >= 11 is 0. The molecule has 0 radical (unpaired) electrons. The van der Waals surface area contributed by atoms with Crippen molar-refractivity contribution in [3.05, 3.63) is 108 Å². The van der Waals surface area contributed by atoms with Crippen molar-refractivity contribution < 1.29 is 0 Å². The van der Waals surface area contributed by atoms with Crippen molar-refractivity contribution in [3.8, 4) is 22.3 Å². The molecule has 0 aromatic heterocycles. The smallest absolute Gasteiger partial charge is 0.0492 e. The maximum atomic E-state index is 2.65. The van der Waals surface area contributed by atoms with E-state index in [-0.39, 0.29) is 5.54 Å². The maximum Gasteiger partial charge on any atom is 0.0492 e. The molecule has 1 heteroatoms. The summed E-state index contributed by atoms with van der Waals surface area (Å²) in [4.78, 5) is 2.65. The topological polar surface area (TPSA) is 3.24 Å². The van der Waals surface area contributed by atoms with Gasteiger partial charge in [-0.05, 0) is 102 Å². The Morgan fingerprint density at radius 2 is 1.50 bits per heavy atom. The largest absolute Gasteiger partial charge is 0.335 e. The van der Waals surface area contributed by atoms with Crippen LogP contribution in [0.25, 0.3) is 22.3 Å². The van der Waals surface area contributed by atoms with Gasteiger partial charge in [0.05, 0.1) is 0 Å². The lowest BCUT2D eigenvalue weighted by Crippen LogP contribution is -2.46. The fraction of sp³-hybridized carbons (Fsp3) is 0.273. The van der Waals surface area contributed by atoms with Crippen LogP contribution in [0.3, 0.4) is 0 Å². The highest BCUT2D eigenvalue weighted by atomic mass is 15.2. The number of rotatable bonds is 2. The number of para-hydroxylation sites is 1. The molecular weight excluding hydrogens is 410 g/mol. The van der Waals surface area contributed by atoms with Gasteiger partial charge >= 0.3 is 0 Å². The average molecular weight is 442 g/mol. The fourth-order valence-corrected chi connectivity index (χ4v) is 7.04. The van der Waals surface area contributed by atoms with Gasteiger partial charge < -0.3 is 4.90 Å². The second-order valence-electron chi connectivity index (χ2n) is 10.9. The fourth-order valence-electron chi connectivity index (χ4n) is 7.04. The Bertz CT molecular complexity index is 1400. The van der Waals surface area contributed by atoms with Gasteiger partial charge in [-0.3, -0.25) is 0 Å². The minimum absolute atomic E-state index is 0.147. The van der Waals surface area contributed by atoms with E-state index in [9.17, 15) is 0 Å². The molecule has 2 aliphatic carbocycles. The molecule has 1 aliphatic heterocycles. The van der Waals surface area contributed by atoms with Crippen LogP contribution < -0.4 is 4.90 Å². The van der Waals surface area contributed by atoms with Gasteiger partial charge in [0.2, 0.25) is 0 Å². The standard InChI is InChI=1S/C33H31N/c1-22-16-17-33(2)31(18-22)30-21-24(13-15-32(30)34(33)27-9-4-3-5-10-27)23-12-14-29-26(19-23)20-25-8-6-7-11-28(25)29/h3-15,19,21-22,31H,16-18,20H2,1-2H3. The van der Waals surface area contributed by atoms with E-state index in [2.05, 4.69) is 110 Å². The number of hydrogen-bond donors (Lipinski definition) is 0. The molecular formula is C33H31N. The maximum absolute atomic E-state index is 2.65. The first kappa shape index (κ1) is 20.1. The Morgan fingerprint density at radius 3 is 2.38 bits per heavy atom. The molecule has 4 aromatic carbocycles. The first-order valence-electron chi connectivity index (χ1n) is 12.8. The lowest BCUT2D eigenvalue weighted by atomic mass is 9.69. The van der Waals surface area contributed by atoms with Crippen molar-refractivity contribution in [1.29, 1.82) is 0 Å². The monoisotopic (exact) mass is 441 g/mol. The highest BCUT2D eigenvalue weighted by Crippen LogP contribution is 2.58. The summed E-state index contributed by atoms with van der Waals surface area (Å²) in [5, 5.41) is 0. The van der Waals surface area contributed by atoms with E-state index in [0.717, 1.165) is 12.3 Å². The van der Waals surface area contributed by atoms with Crippen molar-refractivity contribution in [2.24, 2.45) is 5.92 Å². The third kappa shape index (κ3) is 2.86. The normalized spacial score (nSPS) is 24.4. The molecule has 1 fully saturated rings. The zero-order valence-electron chi connectivity index (χ0n) is 20.1. The Labute approximate surface area is 203 Å². The third-order valence-electron chi connectivity index (χ3n) is 8.83.